The quantitative estimate of drug-likeness (QED) is 0.0778. The van der Waals surface area contributed by atoms with E-state index in [4.69, 9.17) is 18.9 Å². The molecule has 0 amide bonds. The summed E-state index contributed by atoms with van der Waals surface area (Å²) in [7, 11) is 3.31. The number of H-pyrrole nitrogens is 1. The summed E-state index contributed by atoms with van der Waals surface area (Å²) in [6, 6.07) is 19.4. The van der Waals surface area contributed by atoms with E-state index in [1.807, 2.05) is 37.5 Å². The van der Waals surface area contributed by atoms with Crippen molar-refractivity contribution in [3.05, 3.63) is 100 Å². The zero-order valence-corrected chi connectivity index (χ0v) is 29.4. The van der Waals surface area contributed by atoms with E-state index in [9.17, 15) is 25.5 Å². The maximum Gasteiger partial charge on any atom is 0.161 e. The van der Waals surface area contributed by atoms with Gasteiger partial charge >= 0.3 is 0 Å². The number of rotatable bonds is 14. The number of hydrogen-bond acceptors (Lipinski definition) is 10. The van der Waals surface area contributed by atoms with E-state index >= 15 is 0 Å². The standard InChI is InChI=1S/C41H46N2O9/c1-42-22-50-38-18-32-33-15-26(13-23-5-8-34-24(12-23)9-10-43-34)31-17-28(47)6-7-30(31)39(33)36(51-29(20-45)21-46)19-35(32)52-41(38)27-14-25(4-3-11-44)40(48)37(16-27)49-2/h5-10,12,14,16-17,19,26,29,38,41-48H,3-4,11,13,15,18,20-22H2,1-2H3. The van der Waals surface area contributed by atoms with E-state index < -0.39 is 18.3 Å². The lowest BCUT2D eigenvalue weighted by Gasteiger charge is -2.38. The number of hydrogen-bond donors (Lipinski definition) is 7. The summed E-state index contributed by atoms with van der Waals surface area (Å²) in [5, 5.41) is 55.5. The van der Waals surface area contributed by atoms with E-state index in [1.54, 1.807) is 12.1 Å². The number of fused-ring (bicyclic) bond motifs is 6. The molecule has 0 spiro atoms. The lowest BCUT2D eigenvalue weighted by atomic mass is 9.73. The fourth-order valence-electron chi connectivity index (χ4n) is 7.76. The highest BCUT2D eigenvalue weighted by Gasteiger charge is 2.39. The number of aromatic amines is 1. The first kappa shape index (κ1) is 35.6. The molecule has 0 bridgehead atoms. The van der Waals surface area contributed by atoms with Crippen molar-refractivity contribution in [2.75, 3.05) is 40.7 Å². The third-order valence-corrected chi connectivity index (χ3v) is 10.2. The zero-order chi connectivity index (χ0) is 36.4. The number of aromatic nitrogens is 1. The lowest BCUT2D eigenvalue weighted by molar-refractivity contribution is -0.0430. The Bertz CT molecular complexity index is 2040. The number of aliphatic hydroxyl groups excluding tert-OH is 3. The van der Waals surface area contributed by atoms with E-state index in [2.05, 4.69) is 34.6 Å². The van der Waals surface area contributed by atoms with E-state index in [0.29, 0.717) is 48.5 Å². The maximum atomic E-state index is 10.9. The van der Waals surface area contributed by atoms with Crippen molar-refractivity contribution >= 4 is 10.9 Å². The van der Waals surface area contributed by atoms with Gasteiger partial charge in [0.2, 0.25) is 0 Å². The molecule has 2 heterocycles. The molecule has 274 valence electrons. The van der Waals surface area contributed by atoms with Gasteiger partial charge in [0.1, 0.15) is 29.5 Å². The molecule has 11 nitrogen and oxygen atoms in total. The highest BCUT2D eigenvalue weighted by atomic mass is 16.6. The van der Waals surface area contributed by atoms with Crippen LogP contribution in [0.3, 0.4) is 0 Å². The molecule has 0 saturated carbocycles. The van der Waals surface area contributed by atoms with Gasteiger partial charge in [-0.05, 0) is 120 Å². The molecule has 3 unspecified atom stereocenters. The minimum absolute atomic E-state index is 0.00154. The fourth-order valence-corrected chi connectivity index (χ4v) is 7.76. The number of aryl methyl sites for hydroxylation is 1. The predicted octanol–water partition coefficient (Wildman–Crippen LogP) is 5.03. The first-order chi connectivity index (χ1) is 25.3. The second kappa shape index (κ2) is 15.4. The van der Waals surface area contributed by atoms with Gasteiger partial charge in [-0.25, -0.2) is 0 Å². The fraction of sp³-hybridized carbons (Fsp3) is 0.366. The monoisotopic (exact) mass is 710 g/mol. The first-order valence-corrected chi connectivity index (χ1v) is 17.8. The molecule has 0 saturated heterocycles. The Kier molecular flexibility index (Phi) is 10.6. The molecular formula is C41H46N2O9. The normalized spacial score (nSPS) is 17.8. The van der Waals surface area contributed by atoms with Crippen molar-refractivity contribution in [3.63, 3.8) is 0 Å². The molecule has 0 fully saturated rings. The van der Waals surface area contributed by atoms with Gasteiger partial charge in [-0.1, -0.05) is 12.1 Å². The van der Waals surface area contributed by atoms with Crippen LogP contribution < -0.4 is 19.5 Å². The third kappa shape index (κ3) is 6.90. The van der Waals surface area contributed by atoms with Crippen molar-refractivity contribution in [2.45, 2.75) is 56.3 Å². The molecule has 2 aliphatic rings. The van der Waals surface area contributed by atoms with Gasteiger partial charge in [0.25, 0.3) is 0 Å². The van der Waals surface area contributed by atoms with Gasteiger partial charge in [-0.2, -0.15) is 0 Å². The van der Waals surface area contributed by atoms with Crippen LogP contribution in [0.2, 0.25) is 0 Å². The minimum atomic E-state index is -0.866. The van der Waals surface area contributed by atoms with Crippen LogP contribution in [0.1, 0.15) is 51.8 Å². The van der Waals surface area contributed by atoms with Gasteiger partial charge in [0, 0.05) is 41.9 Å². The molecule has 4 aromatic carbocycles. The van der Waals surface area contributed by atoms with Crippen LogP contribution >= 0.6 is 0 Å². The number of ether oxygens (including phenoxy) is 4. The van der Waals surface area contributed by atoms with Crippen LogP contribution in [0.4, 0.5) is 0 Å². The molecule has 11 heteroatoms. The molecule has 1 aliphatic carbocycles. The van der Waals surface area contributed by atoms with Crippen molar-refractivity contribution in [2.24, 2.45) is 0 Å². The number of nitrogens with one attached hydrogen (secondary N) is 2. The smallest absolute Gasteiger partial charge is 0.161 e. The zero-order valence-electron chi connectivity index (χ0n) is 29.4. The Balaban J connectivity index is 1.37. The van der Waals surface area contributed by atoms with Gasteiger partial charge in [0.05, 0.1) is 27.1 Å². The SMILES string of the molecule is CNCOC1Cc2c(cc(OC(CO)CO)c3c2CC(Cc2ccc4[nH]ccc4c2)c2cc(O)ccc2-3)OC1c1cc(CCCO)c(O)c(OC)c1. The second-order valence-corrected chi connectivity index (χ2v) is 13.6. The molecule has 0 radical (unpaired) electrons. The summed E-state index contributed by atoms with van der Waals surface area (Å²) in [5.74, 6) is 1.56. The Hall–Kier alpha value is -4.78. The van der Waals surface area contributed by atoms with E-state index in [0.717, 1.165) is 50.7 Å². The largest absolute Gasteiger partial charge is 0.508 e. The highest BCUT2D eigenvalue weighted by Crippen LogP contribution is 2.53. The summed E-state index contributed by atoms with van der Waals surface area (Å²) in [6.07, 6.45) is 2.78. The summed E-state index contributed by atoms with van der Waals surface area (Å²) in [5.41, 5.74) is 8.35. The number of aliphatic hydroxyl groups is 3. The van der Waals surface area contributed by atoms with Gasteiger partial charge in [-0.15, -0.1) is 0 Å². The summed E-state index contributed by atoms with van der Waals surface area (Å²) in [6.45, 7) is -0.518. The molecule has 1 aliphatic heterocycles. The first-order valence-electron chi connectivity index (χ1n) is 17.8. The van der Waals surface area contributed by atoms with Crippen LogP contribution in [-0.2, 0) is 30.4 Å². The van der Waals surface area contributed by atoms with Crippen molar-refractivity contribution in [1.29, 1.82) is 0 Å². The number of aromatic hydroxyl groups is 2. The van der Waals surface area contributed by atoms with Gasteiger partial charge in [-0.3, -0.25) is 5.32 Å². The summed E-state index contributed by atoms with van der Waals surface area (Å²) in [4.78, 5) is 3.26. The second-order valence-electron chi connectivity index (χ2n) is 13.6. The maximum absolute atomic E-state index is 10.9. The number of methoxy groups -OCH3 is 1. The molecule has 3 atom stereocenters. The average molecular weight is 711 g/mol. The summed E-state index contributed by atoms with van der Waals surface area (Å²) < 4.78 is 25.2. The van der Waals surface area contributed by atoms with Crippen molar-refractivity contribution < 1.29 is 44.5 Å². The molecule has 52 heavy (non-hydrogen) atoms. The average Bonchev–Trinajstić information content (AvgIpc) is 3.63. The van der Waals surface area contributed by atoms with Crippen LogP contribution in [0.15, 0.2) is 66.9 Å². The molecular weight excluding hydrogens is 664 g/mol. The Morgan fingerprint density at radius 3 is 2.56 bits per heavy atom. The lowest BCUT2D eigenvalue weighted by Crippen LogP contribution is -2.36. The van der Waals surface area contributed by atoms with Gasteiger partial charge < -0.3 is 49.5 Å². The van der Waals surface area contributed by atoms with Crippen LogP contribution in [0.5, 0.6) is 28.7 Å². The van der Waals surface area contributed by atoms with Crippen LogP contribution in [0, 0.1) is 0 Å². The topological polar surface area (TPSA) is 166 Å². The van der Waals surface area contributed by atoms with E-state index in [1.165, 1.54) is 12.7 Å². The number of benzene rings is 4. The summed E-state index contributed by atoms with van der Waals surface area (Å²) >= 11 is 0. The Labute approximate surface area is 302 Å². The molecule has 1 aromatic heterocycles. The van der Waals surface area contributed by atoms with E-state index in [-0.39, 0.29) is 44.0 Å². The van der Waals surface area contributed by atoms with Crippen molar-refractivity contribution in [1.82, 2.24) is 10.3 Å². The molecule has 5 aromatic rings. The predicted molar refractivity (Wildman–Crippen MR) is 197 cm³/mol. The number of phenolic OH excluding ortho intramolecular Hbond substituents is 2. The van der Waals surface area contributed by atoms with Crippen LogP contribution in [0.25, 0.3) is 22.0 Å². The molecule has 7 N–H and O–H groups in total. The van der Waals surface area contributed by atoms with Crippen molar-refractivity contribution in [3.8, 4) is 39.9 Å². The number of phenols is 2. The Morgan fingerprint density at radius 2 is 1.79 bits per heavy atom. The van der Waals surface area contributed by atoms with Gasteiger partial charge in [0.15, 0.2) is 17.6 Å². The third-order valence-electron chi connectivity index (χ3n) is 10.2. The molecule has 7 rings (SSSR count). The minimum Gasteiger partial charge on any atom is -0.508 e. The highest BCUT2D eigenvalue weighted by molar-refractivity contribution is 5.83. The Morgan fingerprint density at radius 1 is 0.942 bits per heavy atom. The van der Waals surface area contributed by atoms with Crippen LogP contribution in [-0.4, -0.2) is 83.4 Å².